The van der Waals surface area contributed by atoms with E-state index in [0.717, 1.165) is 11.3 Å². The van der Waals surface area contributed by atoms with Crippen LogP contribution in [0.5, 0.6) is 5.75 Å². The van der Waals surface area contributed by atoms with Crippen molar-refractivity contribution < 1.29 is 24.2 Å². The Labute approximate surface area is 122 Å². The lowest BCUT2D eigenvalue weighted by atomic mass is 10.0. The van der Waals surface area contributed by atoms with Gasteiger partial charge in [-0.1, -0.05) is 0 Å². The number of halogens is 1. The summed E-state index contributed by atoms with van der Waals surface area (Å²) in [6.45, 7) is 1.26. The fourth-order valence-corrected chi connectivity index (χ4v) is 2.90. The molecule has 0 spiro atoms. The Morgan fingerprint density at radius 1 is 1.53 bits per heavy atom. The number of carboxylic acid groups (broad SMARTS) is 1. The molecule has 19 heavy (non-hydrogen) atoms. The van der Waals surface area contributed by atoms with Gasteiger partial charge in [-0.15, -0.1) is 11.3 Å². The van der Waals surface area contributed by atoms with Crippen molar-refractivity contribution in [2.45, 2.75) is 12.5 Å². The minimum absolute atomic E-state index is 0.127. The lowest BCUT2D eigenvalue weighted by Crippen LogP contribution is -2.55. The Kier molecular flexibility index (Phi) is 5.33. The zero-order chi connectivity index (χ0) is 14.6. The molecular formula is C11H14BrNO5S. The van der Waals surface area contributed by atoms with Gasteiger partial charge in [0.1, 0.15) is 9.54 Å². The molecule has 106 valence electrons. The maximum atomic E-state index is 12.0. The standard InChI is InChI=1S/C11H14BrNO5S/c1-11(5-17-2,10(15)16)13-9(14)7-4-6(18-3)8(12)19-7/h4H,5H2,1-3H3,(H,13,14)(H,15,16). The molecule has 1 amide bonds. The quantitative estimate of drug-likeness (QED) is 0.815. The summed E-state index contributed by atoms with van der Waals surface area (Å²) in [5.74, 6) is -1.12. The van der Waals surface area contributed by atoms with Gasteiger partial charge in [0.15, 0.2) is 5.54 Å². The van der Waals surface area contributed by atoms with Crippen LogP contribution in [-0.2, 0) is 9.53 Å². The van der Waals surface area contributed by atoms with Gasteiger partial charge < -0.3 is 19.9 Å². The second-order valence-electron chi connectivity index (χ2n) is 3.98. The minimum Gasteiger partial charge on any atom is -0.495 e. The van der Waals surface area contributed by atoms with E-state index in [2.05, 4.69) is 21.2 Å². The Morgan fingerprint density at radius 2 is 2.16 bits per heavy atom. The molecule has 0 aliphatic carbocycles. The van der Waals surface area contributed by atoms with Crippen molar-refractivity contribution in [2.75, 3.05) is 20.8 Å². The van der Waals surface area contributed by atoms with Crippen molar-refractivity contribution in [3.8, 4) is 5.75 Å². The van der Waals surface area contributed by atoms with Crippen LogP contribution in [-0.4, -0.2) is 43.3 Å². The molecule has 1 aromatic rings. The number of hydrogen-bond acceptors (Lipinski definition) is 5. The number of carboxylic acids is 1. The van der Waals surface area contributed by atoms with Crippen molar-refractivity contribution in [1.29, 1.82) is 0 Å². The van der Waals surface area contributed by atoms with Gasteiger partial charge in [-0.05, 0) is 22.9 Å². The van der Waals surface area contributed by atoms with Gasteiger partial charge in [0.2, 0.25) is 0 Å². The van der Waals surface area contributed by atoms with Gasteiger partial charge in [0.05, 0.1) is 18.6 Å². The van der Waals surface area contributed by atoms with Gasteiger partial charge >= 0.3 is 5.97 Å². The highest BCUT2D eigenvalue weighted by atomic mass is 79.9. The Hall–Kier alpha value is -1.12. The molecule has 8 heteroatoms. The molecule has 1 aromatic heterocycles. The zero-order valence-corrected chi connectivity index (χ0v) is 13.1. The van der Waals surface area contributed by atoms with Gasteiger partial charge in [0.25, 0.3) is 5.91 Å². The van der Waals surface area contributed by atoms with Crippen molar-refractivity contribution in [1.82, 2.24) is 5.32 Å². The fourth-order valence-electron chi connectivity index (χ4n) is 1.36. The van der Waals surface area contributed by atoms with Crippen LogP contribution in [0.25, 0.3) is 0 Å². The number of amides is 1. The molecule has 2 N–H and O–H groups in total. The molecule has 0 aliphatic heterocycles. The smallest absolute Gasteiger partial charge is 0.331 e. The van der Waals surface area contributed by atoms with Crippen molar-refractivity contribution in [2.24, 2.45) is 0 Å². The number of methoxy groups -OCH3 is 2. The monoisotopic (exact) mass is 351 g/mol. The average Bonchev–Trinajstić information content (AvgIpc) is 2.70. The van der Waals surface area contributed by atoms with Gasteiger partial charge in [-0.3, -0.25) is 4.79 Å². The number of aliphatic carboxylic acids is 1. The maximum Gasteiger partial charge on any atom is 0.331 e. The fraction of sp³-hybridized carbons (Fsp3) is 0.455. The summed E-state index contributed by atoms with van der Waals surface area (Å²) in [5.41, 5.74) is -1.48. The Balaban J connectivity index is 2.90. The molecule has 0 aromatic carbocycles. The van der Waals surface area contributed by atoms with Crippen LogP contribution in [0.2, 0.25) is 0 Å². The minimum atomic E-state index is -1.48. The predicted octanol–water partition coefficient (Wildman–Crippen LogP) is 1.74. The third kappa shape index (κ3) is 3.68. The van der Waals surface area contributed by atoms with E-state index in [-0.39, 0.29) is 6.61 Å². The summed E-state index contributed by atoms with van der Waals surface area (Å²) in [6.07, 6.45) is 0. The lowest BCUT2D eigenvalue weighted by Gasteiger charge is -2.24. The van der Waals surface area contributed by atoms with Crippen LogP contribution in [0, 0.1) is 0 Å². The van der Waals surface area contributed by atoms with Crippen LogP contribution in [0.15, 0.2) is 9.85 Å². The van der Waals surface area contributed by atoms with E-state index in [4.69, 9.17) is 14.6 Å². The van der Waals surface area contributed by atoms with Gasteiger partial charge in [-0.2, -0.15) is 0 Å². The molecule has 0 fully saturated rings. The summed E-state index contributed by atoms with van der Waals surface area (Å²) >= 11 is 4.42. The number of rotatable bonds is 6. The highest BCUT2D eigenvalue weighted by Crippen LogP contribution is 2.34. The first-order chi connectivity index (χ1) is 8.84. The number of carbonyl (C=O) groups excluding carboxylic acids is 1. The first kappa shape index (κ1) is 15.9. The number of thiophene rings is 1. The Bertz CT molecular complexity index is 489. The molecule has 0 aliphatic rings. The highest BCUT2D eigenvalue weighted by Gasteiger charge is 2.35. The van der Waals surface area contributed by atoms with E-state index in [0.29, 0.717) is 14.4 Å². The average molecular weight is 352 g/mol. The zero-order valence-electron chi connectivity index (χ0n) is 10.7. The van der Waals surface area contributed by atoms with Gasteiger partial charge in [0, 0.05) is 13.2 Å². The van der Waals surface area contributed by atoms with Crippen LogP contribution in [0.1, 0.15) is 16.6 Å². The molecule has 6 nitrogen and oxygen atoms in total. The molecular weight excluding hydrogens is 338 g/mol. The lowest BCUT2D eigenvalue weighted by molar-refractivity contribution is -0.145. The molecule has 0 saturated carbocycles. The van der Waals surface area contributed by atoms with Crippen molar-refractivity contribution in [3.05, 3.63) is 14.7 Å². The molecule has 1 heterocycles. The molecule has 0 radical (unpaired) electrons. The number of ether oxygens (including phenoxy) is 2. The van der Waals surface area contributed by atoms with Crippen LogP contribution >= 0.6 is 27.3 Å². The third-order valence-electron chi connectivity index (χ3n) is 2.39. The van der Waals surface area contributed by atoms with E-state index in [9.17, 15) is 9.59 Å². The van der Waals surface area contributed by atoms with Crippen LogP contribution < -0.4 is 10.1 Å². The number of hydrogen-bond donors (Lipinski definition) is 2. The molecule has 1 atom stereocenters. The maximum absolute atomic E-state index is 12.0. The van der Waals surface area contributed by atoms with E-state index >= 15 is 0 Å². The summed E-state index contributed by atoms with van der Waals surface area (Å²) in [6, 6.07) is 1.54. The molecule has 1 unspecified atom stereocenters. The number of nitrogens with one attached hydrogen (secondary N) is 1. The second-order valence-corrected chi connectivity index (χ2v) is 6.35. The number of carbonyl (C=O) groups is 2. The largest absolute Gasteiger partial charge is 0.495 e. The summed E-state index contributed by atoms with van der Waals surface area (Å²) in [7, 11) is 2.86. The first-order valence-corrected chi connectivity index (χ1v) is 6.83. The molecule has 0 bridgehead atoms. The molecule has 0 saturated heterocycles. The van der Waals surface area contributed by atoms with Crippen LogP contribution in [0.4, 0.5) is 0 Å². The second kappa shape index (κ2) is 6.36. The SMILES string of the molecule is COCC(C)(NC(=O)c1cc(OC)c(Br)s1)C(=O)O. The van der Waals surface area contributed by atoms with Gasteiger partial charge in [-0.25, -0.2) is 4.79 Å². The summed E-state index contributed by atoms with van der Waals surface area (Å²) < 4.78 is 10.5. The normalized spacial score (nSPS) is 13.7. The van der Waals surface area contributed by atoms with E-state index < -0.39 is 17.4 Å². The first-order valence-electron chi connectivity index (χ1n) is 5.22. The highest BCUT2D eigenvalue weighted by molar-refractivity contribution is 9.11. The van der Waals surface area contributed by atoms with Crippen molar-refractivity contribution >= 4 is 39.1 Å². The Morgan fingerprint density at radius 3 is 2.58 bits per heavy atom. The van der Waals surface area contributed by atoms with E-state index in [1.54, 1.807) is 6.07 Å². The third-order valence-corrected chi connectivity index (χ3v) is 4.17. The predicted molar refractivity (Wildman–Crippen MR) is 74.0 cm³/mol. The summed E-state index contributed by atoms with van der Waals surface area (Å²) in [4.78, 5) is 23.6. The van der Waals surface area contributed by atoms with Crippen LogP contribution in [0.3, 0.4) is 0 Å². The van der Waals surface area contributed by atoms with E-state index in [1.807, 2.05) is 0 Å². The topological polar surface area (TPSA) is 84.9 Å². The summed E-state index contributed by atoms with van der Waals surface area (Å²) in [5, 5.41) is 11.6. The van der Waals surface area contributed by atoms with E-state index in [1.165, 1.54) is 21.1 Å². The van der Waals surface area contributed by atoms with Crippen molar-refractivity contribution in [3.63, 3.8) is 0 Å². The molecule has 1 rings (SSSR count).